The second-order valence-electron chi connectivity index (χ2n) is 14.3. The van der Waals surface area contributed by atoms with Crippen LogP contribution < -0.4 is 19.5 Å². The number of Topliss-reactive ketones (excluding diaryl/α,β-unsaturated/α-hetero) is 2. The Hall–Kier alpha value is -7.16. The van der Waals surface area contributed by atoms with Crippen LogP contribution in [0.1, 0.15) is 49.0 Å². The number of carbonyl (C=O) groups is 4. The molecule has 0 spiro atoms. The Labute approximate surface area is 358 Å². The van der Waals surface area contributed by atoms with E-state index >= 15 is 9.59 Å². The molecule has 0 aliphatic heterocycles. The predicted molar refractivity (Wildman–Crippen MR) is 231 cm³/mol. The number of halogens is 2. The maximum atomic E-state index is 15.1. The SMILES string of the molecule is COc1ccc2c(c1)c(C(=O)C(=O)N(c1cc(C)on1)N(C(=O)C(=O)c1c(C)n(Cc3ccc(Cl)cc3)c3ccc(OC)cc13)c1cc(C)[nH]n1)cn2Cc1ccc(Cl)cc1. The minimum Gasteiger partial charge on any atom is -0.497 e. The van der Waals surface area contributed by atoms with E-state index in [1.165, 1.54) is 26.4 Å². The lowest BCUT2D eigenvalue weighted by atomic mass is 10.1. The minimum absolute atomic E-state index is 0.00298. The van der Waals surface area contributed by atoms with Gasteiger partial charge in [-0.25, -0.2) is 0 Å². The van der Waals surface area contributed by atoms with Gasteiger partial charge in [-0.05, 0) is 92.6 Å². The number of H-pyrrole nitrogens is 1. The van der Waals surface area contributed by atoms with Crippen molar-refractivity contribution in [3.63, 3.8) is 0 Å². The molecule has 0 saturated carbocycles. The van der Waals surface area contributed by atoms with Crippen molar-refractivity contribution in [2.45, 2.75) is 33.9 Å². The number of benzene rings is 4. The van der Waals surface area contributed by atoms with Gasteiger partial charge in [0, 0.05) is 74.7 Å². The van der Waals surface area contributed by atoms with Crippen LogP contribution in [-0.4, -0.2) is 62.1 Å². The number of carbonyl (C=O) groups excluding carboxylic acids is 4. The molecule has 61 heavy (non-hydrogen) atoms. The van der Waals surface area contributed by atoms with Gasteiger partial charge in [0.05, 0.1) is 25.3 Å². The lowest BCUT2D eigenvalue weighted by molar-refractivity contribution is -0.119. The Balaban J connectivity index is 1.26. The highest BCUT2D eigenvalue weighted by molar-refractivity contribution is 6.54. The lowest BCUT2D eigenvalue weighted by Gasteiger charge is -2.30. The lowest BCUT2D eigenvalue weighted by Crippen LogP contribution is -2.55. The fourth-order valence-electron chi connectivity index (χ4n) is 7.33. The van der Waals surface area contributed by atoms with Crippen LogP contribution in [0.15, 0.2) is 108 Å². The van der Waals surface area contributed by atoms with E-state index in [1.54, 1.807) is 87.6 Å². The third-order valence-corrected chi connectivity index (χ3v) is 10.8. The van der Waals surface area contributed by atoms with E-state index in [1.807, 2.05) is 33.4 Å². The van der Waals surface area contributed by atoms with Crippen molar-refractivity contribution >= 4 is 80.0 Å². The second kappa shape index (κ2) is 16.5. The number of hydrogen-bond acceptors (Lipinski definition) is 9. The molecule has 0 fully saturated rings. The van der Waals surface area contributed by atoms with E-state index in [0.29, 0.717) is 67.8 Å². The second-order valence-corrected chi connectivity index (χ2v) is 15.2. The molecule has 4 aromatic carbocycles. The fraction of sp³-hybridized carbons (Fsp3) is 0.156. The molecule has 0 bridgehead atoms. The van der Waals surface area contributed by atoms with Crippen LogP contribution in [-0.2, 0) is 22.7 Å². The summed E-state index contributed by atoms with van der Waals surface area (Å²) in [5.74, 6) is -3.72. The molecule has 4 heterocycles. The number of ether oxygens (including phenoxy) is 2. The largest absolute Gasteiger partial charge is 0.497 e. The van der Waals surface area contributed by atoms with Gasteiger partial charge in [-0.1, -0.05) is 52.6 Å². The Morgan fingerprint density at radius 3 is 1.84 bits per heavy atom. The van der Waals surface area contributed by atoms with E-state index in [9.17, 15) is 9.59 Å². The Bertz CT molecular complexity index is 3000. The number of fused-ring (bicyclic) bond motifs is 2. The summed E-state index contributed by atoms with van der Waals surface area (Å²) in [5, 5.41) is 14.6. The summed E-state index contributed by atoms with van der Waals surface area (Å²) in [6.07, 6.45) is 1.56. The maximum Gasteiger partial charge on any atom is 0.320 e. The third-order valence-electron chi connectivity index (χ3n) is 10.3. The molecule has 0 saturated heterocycles. The van der Waals surface area contributed by atoms with E-state index in [0.717, 1.165) is 21.1 Å². The van der Waals surface area contributed by atoms with E-state index in [-0.39, 0.29) is 28.5 Å². The van der Waals surface area contributed by atoms with E-state index in [4.69, 9.17) is 37.2 Å². The van der Waals surface area contributed by atoms with Crippen LogP contribution in [0.25, 0.3) is 21.8 Å². The van der Waals surface area contributed by atoms with Crippen LogP contribution in [0, 0.1) is 20.8 Å². The van der Waals surface area contributed by atoms with Gasteiger partial charge in [-0.2, -0.15) is 15.1 Å². The van der Waals surface area contributed by atoms with E-state index < -0.39 is 23.4 Å². The molecule has 0 atom stereocenters. The number of nitrogens with zero attached hydrogens (tertiary/aromatic N) is 6. The van der Waals surface area contributed by atoms with Crippen LogP contribution in [0.5, 0.6) is 11.5 Å². The highest BCUT2D eigenvalue weighted by Crippen LogP contribution is 2.34. The number of amides is 2. The van der Waals surface area contributed by atoms with Gasteiger partial charge in [0.2, 0.25) is 0 Å². The van der Waals surface area contributed by atoms with Gasteiger partial charge >= 0.3 is 11.8 Å². The molecule has 0 aliphatic carbocycles. The molecule has 8 aromatic rings. The average Bonchev–Trinajstić information content (AvgIpc) is 4.04. The molecule has 0 aliphatic rings. The number of aromatic nitrogens is 5. The van der Waals surface area contributed by atoms with Gasteiger partial charge in [0.15, 0.2) is 11.6 Å². The smallest absolute Gasteiger partial charge is 0.320 e. The molecule has 0 unspecified atom stereocenters. The number of hydrogen-bond donors (Lipinski definition) is 1. The molecule has 1 N–H and O–H groups in total. The zero-order valence-corrected chi connectivity index (χ0v) is 35.0. The quantitative estimate of drug-likeness (QED) is 0.0721. The van der Waals surface area contributed by atoms with Crippen molar-refractivity contribution in [3.8, 4) is 11.5 Å². The monoisotopic (exact) mass is 857 g/mol. The molecular formula is C45H37Cl2N7O7. The van der Waals surface area contributed by atoms with Gasteiger partial charge in [0.25, 0.3) is 11.6 Å². The zero-order valence-electron chi connectivity index (χ0n) is 33.5. The summed E-state index contributed by atoms with van der Waals surface area (Å²) in [4.78, 5) is 59.9. The normalized spacial score (nSPS) is 11.3. The van der Waals surface area contributed by atoms with Crippen LogP contribution in [0.2, 0.25) is 10.0 Å². The summed E-state index contributed by atoms with van der Waals surface area (Å²) in [5.41, 5.74) is 4.06. The first-order valence-corrected chi connectivity index (χ1v) is 19.7. The average molecular weight is 859 g/mol. The number of rotatable bonds is 12. The molecular weight excluding hydrogens is 821 g/mol. The van der Waals surface area contributed by atoms with Gasteiger partial charge in [0.1, 0.15) is 17.3 Å². The van der Waals surface area contributed by atoms with E-state index in [2.05, 4.69) is 15.4 Å². The number of aromatic amines is 1. The van der Waals surface area contributed by atoms with Crippen molar-refractivity contribution in [1.82, 2.24) is 24.5 Å². The number of methoxy groups -OCH3 is 2. The van der Waals surface area contributed by atoms with Gasteiger partial charge in [-0.15, -0.1) is 0 Å². The first kappa shape index (κ1) is 40.6. The third kappa shape index (κ3) is 7.74. The summed E-state index contributed by atoms with van der Waals surface area (Å²) in [6.45, 7) is 5.66. The van der Waals surface area contributed by atoms with Crippen molar-refractivity contribution in [1.29, 1.82) is 0 Å². The fourth-order valence-corrected chi connectivity index (χ4v) is 7.58. The van der Waals surface area contributed by atoms with Gasteiger partial charge < -0.3 is 23.1 Å². The van der Waals surface area contributed by atoms with Crippen LogP contribution >= 0.6 is 23.2 Å². The molecule has 0 radical (unpaired) electrons. The Kier molecular flexibility index (Phi) is 11.0. The van der Waals surface area contributed by atoms with Crippen LogP contribution in [0.4, 0.5) is 11.6 Å². The first-order valence-electron chi connectivity index (χ1n) is 18.9. The van der Waals surface area contributed by atoms with Crippen molar-refractivity contribution in [3.05, 3.63) is 153 Å². The highest BCUT2D eigenvalue weighted by atomic mass is 35.5. The zero-order chi connectivity index (χ0) is 43.1. The van der Waals surface area contributed by atoms with Crippen molar-refractivity contribution in [2.75, 3.05) is 24.2 Å². The number of ketones is 2. The molecule has 4 aromatic heterocycles. The summed E-state index contributed by atoms with van der Waals surface area (Å²) >= 11 is 12.3. The molecule has 2 amide bonds. The first-order chi connectivity index (χ1) is 29.3. The van der Waals surface area contributed by atoms with Gasteiger partial charge in [-0.3, -0.25) is 24.3 Å². The minimum atomic E-state index is -1.23. The number of anilines is 2. The number of aryl methyl sites for hydroxylation is 2. The molecule has 14 nitrogen and oxygen atoms in total. The number of nitrogens with one attached hydrogen (secondary N) is 1. The standard InChI is InChI=1S/C45H37Cl2N7O7/c1-25-18-39(49-48-25)53(45(58)43(56)41-27(3)52(23-29-8-12-31(47)13-9-29)38-17-15-33(60-5)21-35(38)41)54(40-19-26(2)61-50-40)44(57)42(55)36-24-51(22-28-6-10-30(46)11-7-28)37-16-14-32(59-4)20-34(36)37/h6-21,24H,22-23H2,1-5H3,(H,48,49). The van der Waals surface area contributed by atoms with Crippen molar-refractivity contribution in [2.24, 2.45) is 0 Å². The summed E-state index contributed by atoms with van der Waals surface area (Å²) < 4.78 is 20.1. The highest BCUT2D eigenvalue weighted by Gasteiger charge is 2.41. The topological polar surface area (TPSA) is 158 Å². The Morgan fingerprint density at radius 2 is 1.26 bits per heavy atom. The molecule has 8 rings (SSSR count). The van der Waals surface area contributed by atoms with Crippen molar-refractivity contribution < 1.29 is 33.2 Å². The summed E-state index contributed by atoms with van der Waals surface area (Å²) in [6, 6.07) is 27.8. The Morgan fingerprint density at radius 1 is 0.689 bits per heavy atom. The maximum absolute atomic E-state index is 15.1. The summed E-state index contributed by atoms with van der Waals surface area (Å²) in [7, 11) is 2.99. The molecule has 308 valence electrons. The predicted octanol–water partition coefficient (Wildman–Crippen LogP) is 8.70. The van der Waals surface area contributed by atoms with Crippen LogP contribution in [0.3, 0.4) is 0 Å². The molecule has 16 heteroatoms. The number of hydrazine groups is 1.